The Hall–Kier alpha value is -1.82. The highest BCUT2D eigenvalue weighted by molar-refractivity contribution is 6.00. The summed E-state index contributed by atoms with van der Waals surface area (Å²) in [4.78, 5) is 14.1. The summed E-state index contributed by atoms with van der Waals surface area (Å²) in [7, 11) is 0. The molecule has 1 aromatic rings. The van der Waals surface area contributed by atoms with Gasteiger partial charge in [-0.25, -0.2) is 0 Å². The van der Waals surface area contributed by atoms with Gasteiger partial charge in [0.2, 0.25) is 0 Å². The minimum atomic E-state index is 0.0670. The Labute approximate surface area is 127 Å². The van der Waals surface area contributed by atoms with Gasteiger partial charge in [-0.15, -0.1) is 0 Å². The quantitative estimate of drug-likeness (QED) is 0.779. The summed E-state index contributed by atoms with van der Waals surface area (Å²) < 4.78 is 0. The van der Waals surface area contributed by atoms with Gasteiger partial charge in [0, 0.05) is 24.3 Å². The van der Waals surface area contributed by atoms with Gasteiger partial charge in [0.25, 0.3) is 0 Å². The molecular weight excluding hydrogens is 260 g/mol. The third-order valence-electron chi connectivity index (χ3n) is 5.17. The summed E-state index contributed by atoms with van der Waals surface area (Å²) in [6.45, 7) is 8.08. The molecule has 0 saturated carbocycles. The predicted octanol–water partition coefficient (Wildman–Crippen LogP) is 4.17. The zero-order valence-electron chi connectivity index (χ0n) is 13.3. The largest absolute Gasteiger partial charge is 0.371 e. The molecule has 1 heterocycles. The zero-order chi connectivity index (χ0) is 15.5. The lowest BCUT2D eigenvalue weighted by molar-refractivity contribution is 0.101. The standard InChI is InChI=1S/C18H24N2O/c1-4-18(5-2)8-10-20(11-9-18)17-12-15(13-19)6-7-16(17)14(3)21/h6-7,12H,4-5,8-11H2,1-3H3. The first-order valence-electron chi connectivity index (χ1n) is 7.85. The number of ketones is 1. The number of carbonyl (C=O) groups is 1. The molecule has 3 nitrogen and oxygen atoms in total. The van der Waals surface area contributed by atoms with Crippen LogP contribution < -0.4 is 4.90 Å². The maximum Gasteiger partial charge on any atom is 0.161 e. The molecule has 112 valence electrons. The average molecular weight is 284 g/mol. The highest BCUT2D eigenvalue weighted by Gasteiger charge is 2.32. The van der Waals surface area contributed by atoms with E-state index in [0.717, 1.165) is 37.2 Å². The average Bonchev–Trinajstić information content (AvgIpc) is 2.54. The third-order valence-corrected chi connectivity index (χ3v) is 5.17. The lowest BCUT2D eigenvalue weighted by Gasteiger charge is -2.42. The van der Waals surface area contributed by atoms with Crippen LogP contribution in [0.25, 0.3) is 0 Å². The van der Waals surface area contributed by atoms with Crippen molar-refractivity contribution in [1.29, 1.82) is 5.26 Å². The molecule has 0 radical (unpaired) electrons. The second-order valence-corrected chi connectivity index (χ2v) is 6.09. The normalized spacial score (nSPS) is 17.3. The molecule has 1 fully saturated rings. The number of hydrogen-bond acceptors (Lipinski definition) is 3. The van der Waals surface area contributed by atoms with Crippen LogP contribution in [0.2, 0.25) is 0 Å². The van der Waals surface area contributed by atoms with Crippen LogP contribution in [0.5, 0.6) is 0 Å². The fourth-order valence-corrected chi connectivity index (χ4v) is 3.34. The van der Waals surface area contributed by atoms with Gasteiger partial charge in [-0.3, -0.25) is 4.79 Å². The van der Waals surface area contributed by atoms with Gasteiger partial charge in [0.1, 0.15) is 0 Å². The Morgan fingerprint density at radius 2 is 1.90 bits per heavy atom. The smallest absolute Gasteiger partial charge is 0.161 e. The highest BCUT2D eigenvalue weighted by atomic mass is 16.1. The number of anilines is 1. The molecule has 0 amide bonds. The Bertz CT molecular complexity index is 557. The van der Waals surface area contributed by atoms with Crippen LogP contribution in [0.3, 0.4) is 0 Å². The van der Waals surface area contributed by atoms with Gasteiger partial charge in [-0.1, -0.05) is 26.7 Å². The fourth-order valence-electron chi connectivity index (χ4n) is 3.34. The fraction of sp³-hybridized carbons (Fsp3) is 0.556. The maximum atomic E-state index is 11.8. The molecule has 3 heteroatoms. The summed E-state index contributed by atoms with van der Waals surface area (Å²) in [6.07, 6.45) is 4.76. The predicted molar refractivity (Wildman–Crippen MR) is 85.6 cm³/mol. The van der Waals surface area contributed by atoms with E-state index in [1.807, 2.05) is 6.07 Å². The van der Waals surface area contributed by atoms with Crippen molar-refractivity contribution < 1.29 is 4.79 Å². The molecule has 0 bridgehead atoms. The van der Waals surface area contributed by atoms with E-state index in [-0.39, 0.29) is 5.78 Å². The number of nitrogens with zero attached hydrogens (tertiary/aromatic N) is 2. The molecule has 0 unspecified atom stereocenters. The van der Waals surface area contributed by atoms with Gasteiger partial charge in [0.05, 0.1) is 11.6 Å². The van der Waals surface area contributed by atoms with Crippen LogP contribution in [-0.2, 0) is 0 Å². The number of benzene rings is 1. The van der Waals surface area contributed by atoms with E-state index in [1.54, 1.807) is 19.1 Å². The van der Waals surface area contributed by atoms with Crippen molar-refractivity contribution in [1.82, 2.24) is 0 Å². The van der Waals surface area contributed by atoms with Crippen molar-refractivity contribution in [2.45, 2.75) is 46.5 Å². The number of hydrogen-bond donors (Lipinski definition) is 0. The number of rotatable bonds is 4. The van der Waals surface area contributed by atoms with E-state index < -0.39 is 0 Å². The van der Waals surface area contributed by atoms with E-state index in [9.17, 15) is 4.79 Å². The number of Topliss-reactive ketones (excluding diaryl/α,β-unsaturated/α-hetero) is 1. The van der Waals surface area contributed by atoms with Crippen molar-refractivity contribution in [2.75, 3.05) is 18.0 Å². The van der Waals surface area contributed by atoms with E-state index in [0.29, 0.717) is 11.0 Å². The second-order valence-electron chi connectivity index (χ2n) is 6.09. The topological polar surface area (TPSA) is 44.1 Å². The first-order chi connectivity index (χ1) is 10.0. The molecule has 0 aromatic heterocycles. The third kappa shape index (κ3) is 3.10. The van der Waals surface area contributed by atoms with Crippen LogP contribution in [0.4, 0.5) is 5.69 Å². The molecule has 0 N–H and O–H groups in total. The van der Waals surface area contributed by atoms with Gasteiger partial charge >= 0.3 is 0 Å². The summed E-state index contributed by atoms with van der Waals surface area (Å²) in [5.74, 6) is 0.0670. The molecule has 1 saturated heterocycles. The van der Waals surface area contributed by atoms with Crippen molar-refractivity contribution >= 4 is 11.5 Å². The van der Waals surface area contributed by atoms with Crippen molar-refractivity contribution in [3.8, 4) is 6.07 Å². The molecular formula is C18H24N2O. The highest BCUT2D eigenvalue weighted by Crippen LogP contribution is 2.39. The molecule has 2 rings (SSSR count). The molecule has 0 atom stereocenters. The molecule has 1 aliphatic rings. The number of piperidine rings is 1. The number of carbonyl (C=O) groups excluding carboxylic acids is 1. The summed E-state index contributed by atoms with van der Waals surface area (Å²) in [5.41, 5.74) is 2.74. The molecule has 0 aliphatic carbocycles. The van der Waals surface area contributed by atoms with E-state index in [1.165, 1.54) is 12.8 Å². The van der Waals surface area contributed by atoms with Crippen LogP contribution in [0.15, 0.2) is 18.2 Å². The summed E-state index contributed by atoms with van der Waals surface area (Å²) >= 11 is 0. The van der Waals surface area contributed by atoms with Gasteiger partial charge in [-0.2, -0.15) is 5.26 Å². The van der Waals surface area contributed by atoms with E-state index in [4.69, 9.17) is 5.26 Å². The zero-order valence-corrected chi connectivity index (χ0v) is 13.3. The Kier molecular flexibility index (Phi) is 4.67. The lowest BCUT2D eigenvalue weighted by atomic mass is 9.74. The molecule has 1 aliphatic heterocycles. The summed E-state index contributed by atoms with van der Waals surface area (Å²) in [5, 5.41) is 9.10. The first kappa shape index (κ1) is 15.6. The maximum absolute atomic E-state index is 11.8. The second kappa shape index (κ2) is 6.30. The Morgan fingerprint density at radius 3 is 2.38 bits per heavy atom. The van der Waals surface area contributed by atoms with Gasteiger partial charge in [0.15, 0.2) is 5.78 Å². The Balaban J connectivity index is 2.27. The van der Waals surface area contributed by atoms with Crippen LogP contribution in [0, 0.1) is 16.7 Å². The minimum absolute atomic E-state index is 0.0670. The van der Waals surface area contributed by atoms with Gasteiger partial charge < -0.3 is 4.90 Å². The number of nitriles is 1. The van der Waals surface area contributed by atoms with Crippen molar-refractivity contribution in [3.05, 3.63) is 29.3 Å². The van der Waals surface area contributed by atoms with E-state index >= 15 is 0 Å². The van der Waals surface area contributed by atoms with Crippen LogP contribution >= 0.6 is 0 Å². The monoisotopic (exact) mass is 284 g/mol. The molecule has 21 heavy (non-hydrogen) atoms. The lowest BCUT2D eigenvalue weighted by Crippen LogP contribution is -2.40. The first-order valence-corrected chi connectivity index (χ1v) is 7.85. The molecule has 0 spiro atoms. The Morgan fingerprint density at radius 1 is 1.29 bits per heavy atom. The van der Waals surface area contributed by atoms with Crippen molar-refractivity contribution in [2.24, 2.45) is 5.41 Å². The van der Waals surface area contributed by atoms with Crippen LogP contribution in [-0.4, -0.2) is 18.9 Å². The van der Waals surface area contributed by atoms with Crippen LogP contribution in [0.1, 0.15) is 62.4 Å². The van der Waals surface area contributed by atoms with Crippen molar-refractivity contribution in [3.63, 3.8) is 0 Å². The molecule has 1 aromatic carbocycles. The minimum Gasteiger partial charge on any atom is -0.371 e. The summed E-state index contributed by atoms with van der Waals surface area (Å²) in [6, 6.07) is 7.55. The van der Waals surface area contributed by atoms with E-state index in [2.05, 4.69) is 24.8 Å². The van der Waals surface area contributed by atoms with Gasteiger partial charge in [-0.05, 0) is 43.4 Å². The SMILES string of the molecule is CCC1(CC)CCN(c2cc(C#N)ccc2C(C)=O)CC1.